The van der Waals surface area contributed by atoms with Crippen molar-refractivity contribution >= 4 is 23.5 Å². The zero-order chi connectivity index (χ0) is 21.4. The van der Waals surface area contributed by atoms with Gasteiger partial charge in [0.2, 0.25) is 5.78 Å². The second-order valence-electron chi connectivity index (χ2n) is 7.42. The minimum absolute atomic E-state index is 0.153. The number of benzene rings is 3. The molecule has 0 N–H and O–H groups in total. The zero-order valence-corrected chi connectivity index (χ0v) is 17.6. The summed E-state index contributed by atoms with van der Waals surface area (Å²) in [6.07, 6.45) is 3.60. The molecule has 0 unspecified atom stereocenters. The van der Waals surface area contributed by atoms with Gasteiger partial charge in [0.25, 0.3) is 0 Å². The summed E-state index contributed by atoms with van der Waals surface area (Å²) in [5.41, 5.74) is 3.26. The van der Waals surface area contributed by atoms with Gasteiger partial charge in [0.1, 0.15) is 30.0 Å². The van der Waals surface area contributed by atoms with Crippen molar-refractivity contribution in [2.75, 3.05) is 0 Å². The van der Waals surface area contributed by atoms with E-state index in [0.29, 0.717) is 28.7 Å². The molecule has 5 rings (SSSR count). The lowest BCUT2D eigenvalue weighted by Gasteiger charge is -2.22. The molecule has 0 saturated carbocycles. The fourth-order valence-electron chi connectivity index (χ4n) is 3.61. The molecule has 0 saturated heterocycles. The van der Waals surface area contributed by atoms with Crippen LogP contribution >= 0.6 is 11.6 Å². The number of rotatable bonds is 4. The number of ether oxygens (including phenoxy) is 3. The first-order chi connectivity index (χ1) is 15.1. The van der Waals surface area contributed by atoms with Crippen molar-refractivity contribution in [2.24, 2.45) is 0 Å². The maximum atomic E-state index is 12.8. The predicted octanol–water partition coefficient (Wildman–Crippen LogP) is 6.24. The molecule has 0 bridgehead atoms. The summed E-state index contributed by atoms with van der Waals surface area (Å²) in [6.45, 7) is 2.28. The summed E-state index contributed by atoms with van der Waals surface area (Å²) >= 11 is 6.19. The fraction of sp³-hybridized carbons (Fsp3) is 0.115. The lowest BCUT2D eigenvalue weighted by molar-refractivity contribution is 0.101. The third-order valence-electron chi connectivity index (χ3n) is 5.31. The molecule has 31 heavy (non-hydrogen) atoms. The van der Waals surface area contributed by atoms with Crippen molar-refractivity contribution in [2.45, 2.75) is 19.6 Å². The third-order valence-corrected chi connectivity index (χ3v) is 5.67. The SMILES string of the molecule is C[C@H]1Oc2ccccc2C=C1/C=C1\Oc2cc(OCc3ccccc3Cl)ccc2C1=O. The molecule has 0 amide bonds. The molecule has 2 aliphatic rings. The number of halogens is 1. The average Bonchev–Trinajstić information content (AvgIpc) is 3.08. The van der Waals surface area contributed by atoms with Crippen molar-refractivity contribution in [1.82, 2.24) is 0 Å². The van der Waals surface area contributed by atoms with Crippen LogP contribution in [0.4, 0.5) is 0 Å². The van der Waals surface area contributed by atoms with E-state index < -0.39 is 0 Å². The van der Waals surface area contributed by atoms with E-state index in [4.69, 9.17) is 25.8 Å². The first-order valence-electron chi connectivity index (χ1n) is 10.0. The van der Waals surface area contributed by atoms with Gasteiger partial charge in [-0.3, -0.25) is 4.79 Å². The Morgan fingerprint density at radius 2 is 1.84 bits per heavy atom. The Bertz CT molecular complexity index is 1240. The lowest BCUT2D eigenvalue weighted by Crippen LogP contribution is -2.18. The summed E-state index contributed by atoms with van der Waals surface area (Å²) in [6, 6.07) is 20.6. The van der Waals surface area contributed by atoms with Crippen LogP contribution in [0.15, 0.2) is 84.1 Å². The molecule has 154 valence electrons. The molecule has 3 aromatic carbocycles. The minimum atomic E-state index is -0.183. The summed E-state index contributed by atoms with van der Waals surface area (Å²) in [5.74, 6) is 2.05. The topological polar surface area (TPSA) is 44.8 Å². The summed E-state index contributed by atoms with van der Waals surface area (Å²) < 4.78 is 17.7. The van der Waals surface area contributed by atoms with Crippen molar-refractivity contribution in [3.63, 3.8) is 0 Å². The normalized spacial score (nSPS) is 18.0. The Balaban J connectivity index is 1.36. The number of hydrogen-bond donors (Lipinski definition) is 0. The first kappa shape index (κ1) is 19.5. The van der Waals surface area contributed by atoms with E-state index in [1.807, 2.05) is 61.5 Å². The molecule has 3 aromatic rings. The maximum absolute atomic E-state index is 12.8. The molecule has 0 radical (unpaired) electrons. The van der Waals surface area contributed by atoms with Crippen LogP contribution in [0.2, 0.25) is 5.02 Å². The van der Waals surface area contributed by atoms with Gasteiger partial charge in [0.15, 0.2) is 5.76 Å². The highest BCUT2D eigenvalue weighted by Gasteiger charge is 2.29. The van der Waals surface area contributed by atoms with E-state index >= 15 is 0 Å². The van der Waals surface area contributed by atoms with Gasteiger partial charge >= 0.3 is 0 Å². The van der Waals surface area contributed by atoms with E-state index in [9.17, 15) is 4.79 Å². The van der Waals surface area contributed by atoms with Crippen LogP contribution in [-0.4, -0.2) is 11.9 Å². The fourth-order valence-corrected chi connectivity index (χ4v) is 3.80. The predicted molar refractivity (Wildman–Crippen MR) is 120 cm³/mol. The molecular weight excluding hydrogens is 412 g/mol. The van der Waals surface area contributed by atoms with Gasteiger partial charge in [-0.05, 0) is 48.9 Å². The van der Waals surface area contributed by atoms with E-state index in [-0.39, 0.29) is 17.6 Å². The van der Waals surface area contributed by atoms with Gasteiger partial charge in [0, 0.05) is 22.2 Å². The van der Waals surface area contributed by atoms with Gasteiger partial charge in [-0.1, -0.05) is 48.0 Å². The molecule has 1 atom stereocenters. The van der Waals surface area contributed by atoms with E-state index in [0.717, 1.165) is 22.4 Å². The number of carbonyl (C=O) groups excluding carboxylic acids is 1. The first-order valence-corrected chi connectivity index (χ1v) is 10.4. The van der Waals surface area contributed by atoms with Gasteiger partial charge < -0.3 is 14.2 Å². The Kier molecular flexibility index (Phi) is 5.00. The number of hydrogen-bond acceptors (Lipinski definition) is 4. The van der Waals surface area contributed by atoms with E-state index in [1.54, 1.807) is 24.3 Å². The van der Waals surface area contributed by atoms with Gasteiger partial charge in [-0.15, -0.1) is 0 Å². The largest absolute Gasteiger partial charge is 0.489 e. The number of Topliss-reactive ketones (excluding diaryl/α,β-unsaturated/α-hetero) is 1. The van der Waals surface area contributed by atoms with Crippen molar-refractivity contribution in [3.05, 3.63) is 106 Å². The Labute approximate surface area is 185 Å². The number of allylic oxidation sites excluding steroid dienone is 1. The van der Waals surface area contributed by atoms with E-state index in [1.165, 1.54) is 0 Å². The van der Waals surface area contributed by atoms with Crippen LogP contribution < -0.4 is 14.2 Å². The van der Waals surface area contributed by atoms with Crippen LogP contribution in [0, 0.1) is 0 Å². The molecular formula is C26H19ClO4. The number of para-hydroxylation sites is 1. The highest BCUT2D eigenvalue weighted by atomic mass is 35.5. The molecule has 0 aromatic heterocycles. The summed E-state index contributed by atoms with van der Waals surface area (Å²) in [4.78, 5) is 12.8. The standard InChI is InChI=1S/C26H19ClO4/c1-16-19(12-17-6-3-5-9-23(17)30-16)13-25-26(28)21-11-10-20(14-24(21)31-25)29-15-18-7-2-4-8-22(18)27/h2-14,16H,15H2,1H3/b25-13-/t16-/m1/s1. The Hall–Kier alpha value is -3.50. The van der Waals surface area contributed by atoms with Crippen LogP contribution in [0.5, 0.6) is 17.2 Å². The second kappa shape index (κ2) is 7.97. The van der Waals surface area contributed by atoms with Gasteiger partial charge in [0.05, 0.1) is 5.56 Å². The van der Waals surface area contributed by atoms with Crippen LogP contribution in [-0.2, 0) is 6.61 Å². The van der Waals surface area contributed by atoms with Crippen molar-refractivity contribution < 1.29 is 19.0 Å². The van der Waals surface area contributed by atoms with E-state index in [2.05, 4.69) is 0 Å². The molecule has 0 spiro atoms. The molecule has 2 aliphatic heterocycles. The molecule has 0 fully saturated rings. The van der Waals surface area contributed by atoms with Crippen LogP contribution in [0.1, 0.15) is 28.4 Å². The number of fused-ring (bicyclic) bond motifs is 2. The van der Waals surface area contributed by atoms with Crippen LogP contribution in [0.3, 0.4) is 0 Å². The maximum Gasteiger partial charge on any atom is 0.231 e. The Morgan fingerprint density at radius 1 is 1.03 bits per heavy atom. The minimum Gasteiger partial charge on any atom is -0.489 e. The summed E-state index contributed by atoms with van der Waals surface area (Å²) in [5, 5.41) is 0.652. The van der Waals surface area contributed by atoms with Crippen molar-refractivity contribution in [1.29, 1.82) is 0 Å². The van der Waals surface area contributed by atoms with Gasteiger partial charge in [-0.25, -0.2) is 0 Å². The molecule has 2 heterocycles. The van der Waals surface area contributed by atoms with Crippen LogP contribution in [0.25, 0.3) is 6.08 Å². The van der Waals surface area contributed by atoms with Crippen molar-refractivity contribution in [3.8, 4) is 17.2 Å². The molecule has 0 aliphatic carbocycles. The third kappa shape index (κ3) is 3.82. The number of carbonyl (C=O) groups is 1. The van der Waals surface area contributed by atoms with Gasteiger partial charge in [-0.2, -0.15) is 0 Å². The average molecular weight is 431 g/mol. The highest BCUT2D eigenvalue weighted by molar-refractivity contribution is 6.31. The quantitative estimate of drug-likeness (QED) is 0.459. The second-order valence-corrected chi connectivity index (χ2v) is 7.83. The highest BCUT2D eigenvalue weighted by Crippen LogP contribution is 2.36. The Morgan fingerprint density at radius 3 is 2.71 bits per heavy atom. The molecule has 4 nitrogen and oxygen atoms in total. The number of ketones is 1. The summed E-state index contributed by atoms with van der Waals surface area (Å²) in [7, 11) is 0. The molecule has 5 heteroatoms. The smallest absolute Gasteiger partial charge is 0.231 e. The zero-order valence-electron chi connectivity index (χ0n) is 16.8. The lowest BCUT2D eigenvalue weighted by atomic mass is 10.0. The monoisotopic (exact) mass is 430 g/mol.